The monoisotopic (exact) mass is 409 g/mol. The highest BCUT2D eigenvalue weighted by Crippen LogP contribution is 2.33. The molecule has 1 saturated carbocycles. The van der Waals surface area contributed by atoms with Gasteiger partial charge in [0.05, 0.1) is 5.92 Å². The molecule has 1 unspecified atom stereocenters. The van der Waals surface area contributed by atoms with E-state index in [9.17, 15) is 9.90 Å². The Bertz CT molecular complexity index is 488. The number of aliphatic carboxylic acids is 1. The van der Waals surface area contributed by atoms with E-state index in [0.29, 0.717) is 12.0 Å². The lowest BCUT2D eigenvalue weighted by Gasteiger charge is -2.32. The lowest BCUT2D eigenvalue weighted by Crippen LogP contribution is -2.36. The van der Waals surface area contributed by atoms with Gasteiger partial charge in [0.1, 0.15) is 0 Å². The third-order valence-corrected chi connectivity index (χ3v) is 5.29. The fraction of sp³-hybridized carbons (Fsp3) is 0.632. The predicted octanol–water partition coefficient (Wildman–Crippen LogP) is 5.72. The maximum Gasteiger partial charge on any atom is 0.306 e. The molecule has 1 aromatic carbocycles. The van der Waals surface area contributed by atoms with Crippen molar-refractivity contribution in [1.82, 2.24) is 5.32 Å². The molecular formula is C19H30Cl3NO2. The van der Waals surface area contributed by atoms with E-state index in [2.05, 4.69) is 12.2 Å². The van der Waals surface area contributed by atoms with Crippen molar-refractivity contribution in [3.63, 3.8) is 0 Å². The molecular weight excluding hydrogens is 381 g/mol. The molecule has 1 aliphatic rings. The van der Waals surface area contributed by atoms with Gasteiger partial charge in [0.15, 0.2) is 0 Å². The van der Waals surface area contributed by atoms with Crippen molar-refractivity contribution in [2.75, 3.05) is 0 Å². The quantitative estimate of drug-likeness (QED) is 0.576. The summed E-state index contributed by atoms with van der Waals surface area (Å²) in [6.07, 6.45) is 7.13. The molecule has 1 atom stereocenters. The van der Waals surface area contributed by atoms with Crippen LogP contribution in [0.2, 0.25) is 5.02 Å². The molecule has 0 radical (unpaired) electrons. The second-order valence-corrected chi connectivity index (χ2v) is 7.14. The molecule has 0 bridgehead atoms. The second-order valence-electron chi connectivity index (χ2n) is 6.71. The largest absolute Gasteiger partial charge is 0.481 e. The van der Waals surface area contributed by atoms with Crippen molar-refractivity contribution in [2.45, 2.75) is 64.5 Å². The molecule has 2 N–H and O–H groups in total. The molecule has 1 aromatic rings. The maximum atomic E-state index is 11.5. The van der Waals surface area contributed by atoms with Crippen molar-refractivity contribution < 1.29 is 9.90 Å². The van der Waals surface area contributed by atoms with Crippen LogP contribution in [-0.4, -0.2) is 17.1 Å². The van der Waals surface area contributed by atoms with Crippen LogP contribution >= 0.6 is 36.4 Å². The summed E-state index contributed by atoms with van der Waals surface area (Å²) in [5.74, 6) is -0.393. The summed E-state index contributed by atoms with van der Waals surface area (Å²) in [5, 5.41) is 13.8. The number of rotatable bonds is 8. The van der Waals surface area contributed by atoms with Crippen LogP contribution in [0.4, 0.5) is 0 Å². The number of hydrogen-bond acceptors (Lipinski definition) is 2. The summed E-state index contributed by atoms with van der Waals surface area (Å²) in [7, 11) is 0. The lowest BCUT2D eigenvalue weighted by molar-refractivity contribution is -0.144. The van der Waals surface area contributed by atoms with Crippen LogP contribution in [0, 0.1) is 11.8 Å². The van der Waals surface area contributed by atoms with E-state index in [0.717, 1.165) is 56.5 Å². The summed E-state index contributed by atoms with van der Waals surface area (Å²) in [4.78, 5) is 11.5. The summed E-state index contributed by atoms with van der Waals surface area (Å²) in [5.41, 5.74) is 1.24. The highest BCUT2D eigenvalue weighted by atomic mass is 35.5. The molecule has 144 valence electrons. The first-order chi connectivity index (χ1) is 11.1. The van der Waals surface area contributed by atoms with Crippen molar-refractivity contribution in [3.8, 4) is 0 Å². The Labute approximate surface area is 168 Å². The number of halogens is 3. The topological polar surface area (TPSA) is 49.3 Å². The molecule has 6 heteroatoms. The second kappa shape index (κ2) is 12.8. The van der Waals surface area contributed by atoms with Crippen LogP contribution in [-0.2, 0) is 11.3 Å². The molecule has 1 aliphatic carbocycles. The van der Waals surface area contributed by atoms with Gasteiger partial charge in [-0.05, 0) is 55.7 Å². The van der Waals surface area contributed by atoms with Gasteiger partial charge in [0, 0.05) is 17.6 Å². The van der Waals surface area contributed by atoms with Crippen LogP contribution in [0.5, 0.6) is 0 Å². The number of carboxylic acid groups (broad SMARTS) is 1. The van der Waals surface area contributed by atoms with Gasteiger partial charge in [-0.15, -0.1) is 24.8 Å². The molecule has 0 aliphatic heterocycles. The van der Waals surface area contributed by atoms with Gasteiger partial charge in [0.25, 0.3) is 0 Å². The maximum absolute atomic E-state index is 11.5. The number of carboxylic acids is 1. The van der Waals surface area contributed by atoms with Gasteiger partial charge in [-0.3, -0.25) is 4.79 Å². The van der Waals surface area contributed by atoms with Crippen molar-refractivity contribution in [2.24, 2.45) is 11.8 Å². The van der Waals surface area contributed by atoms with Crippen molar-refractivity contribution in [1.29, 1.82) is 0 Å². The summed E-state index contributed by atoms with van der Waals surface area (Å²) >= 11 is 5.90. The molecule has 0 spiro atoms. The van der Waals surface area contributed by atoms with E-state index in [1.54, 1.807) is 0 Å². The van der Waals surface area contributed by atoms with Gasteiger partial charge in [-0.2, -0.15) is 0 Å². The van der Waals surface area contributed by atoms with Gasteiger partial charge < -0.3 is 10.4 Å². The summed E-state index contributed by atoms with van der Waals surface area (Å²) in [6.45, 7) is 2.97. The Hall–Kier alpha value is -0.480. The first kappa shape index (κ1) is 24.5. The minimum absolute atomic E-state index is 0. The number of nitrogens with one attached hydrogen (secondary N) is 1. The summed E-state index contributed by atoms with van der Waals surface area (Å²) in [6, 6.07) is 8.43. The van der Waals surface area contributed by atoms with Gasteiger partial charge in [-0.1, -0.05) is 43.5 Å². The van der Waals surface area contributed by atoms with Gasteiger partial charge >= 0.3 is 5.97 Å². The van der Waals surface area contributed by atoms with E-state index in [4.69, 9.17) is 11.6 Å². The van der Waals surface area contributed by atoms with E-state index in [1.807, 2.05) is 24.3 Å². The molecule has 0 aromatic heterocycles. The Morgan fingerprint density at radius 2 is 1.80 bits per heavy atom. The molecule has 25 heavy (non-hydrogen) atoms. The van der Waals surface area contributed by atoms with Crippen molar-refractivity contribution in [3.05, 3.63) is 34.9 Å². The summed E-state index contributed by atoms with van der Waals surface area (Å²) < 4.78 is 0. The predicted molar refractivity (Wildman–Crippen MR) is 109 cm³/mol. The van der Waals surface area contributed by atoms with E-state index in [1.165, 1.54) is 5.56 Å². The molecule has 0 heterocycles. The van der Waals surface area contributed by atoms with Crippen LogP contribution in [0.25, 0.3) is 0 Å². The standard InChI is InChI=1S/C19H28ClNO2.2ClH/c1-2-3-4-18(19(22)23)15-7-11-17(12-8-15)21-13-14-5-9-16(20)10-6-14;;/h5-6,9-10,15,17-18,21H,2-4,7-8,11-13H2,1H3,(H,22,23);2*1H. The van der Waals surface area contributed by atoms with Gasteiger partial charge in [0.2, 0.25) is 0 Å². The smallest absolute Gasteiger partial charge is 0.306 e. The average molecular weight is 411 g/mol. The number of unbranched alkanes of at least 4 members (excludes halogenated alkanes) is 1. The number of benzene rings is 1. The Kier molecular flexibility index (Phi) is 12.6. The highest BCUT2D eigenvalue weighted by Gasteiger charge is 2.31. The van der Waals surface area contributed by atoms with Crippen LogP contribution in [0.1, 0.15) is 57.4 Å². The first-order valence-corrected chi connectivity index (χ1v) is 9.18. The minimum atomic E-state index is -0.601. The molecule has 0 saturated heterocycles. The molecule has 2 rings (SSSR count). The zero-order chi connectivity index (χ0) is 16.7. The number of carbonyl (C=O) groups is 1. The zero-order valence-corrected chi connectivity index (χ0v) is 17.1. The minimum Gasteiger partial charge on any atom is -0.481 e. The van der Waals surface area contributed by atoms with Crippen LogP contribution in [0.3, 0.4) is 0 Å². The Morgan fingerprint density at radius 3 is 2.32 bits per heavy atom. The van der Waals surface area contributed by atoms with Crippen molar-refractivity contribution >= 4 is 42.4 Å². The van der Waals surface area contributed by atoms with Crippen LogP contribution < -0.4 is 5.32 Å². The SMILES string of the molecule is CCCCC(C(=O)O)C1CCC(NCc2ccc(Cl)cc2)CC1.Cl.Cl. The highest BCUT2D eigenvalue weighted by molar-refractivity contribution is 6.30. The molecule has 0 amide bonds. The fourth-order valence-electron chi connectivity index (χ4n) is 3.57. The third kappa shape index (κ3) is 8.17. The molecule has 3 nitrogen and oxygen atoms in total. The van der Waals surface area contributed by atoms with Gasteiger partial charge in [-0.25, -0.2) is 0 Å². The van der Waals surface area contributed by atoms with E-state index in [-0.39, 0.29) is 30.7 Å². The number of hydrogen-bond donors (Lipinski definition) is 2. The fourth-order valence-corrected chi connectivity index (χ4v) is 3.70. The first-order valence-electron chi connectivity index (χ1n) is 8.80. The zero-order valence-electron chi connectivity index (χ0n) is 14.7. The normalized spacial score (nSPS) is 20.9. The molecule has 1 fully saturated rings. The third-order valence-electron chi connectivity index (χ3n) is 5.03. The van der Waals surface area contributed by atoms with E-state index < -0.39 is 5.97 Å². The lowest BCUT2D eigenvalue weighted by atomic mass is 9.76. The Morgan fingerprint density at radius 1 is 1.20 bits per heavy atom. The Balaban J connectivity index is 0.00000288. The average Bonchev–Trinajstić information content (AvgIpc) is 2.55. The van der Waals surface area contributed by atoms with E-state index >= 15 is 0 Å². The van der Waals surface area contributed by atoms with Crippen LogP contribution in [0.15, 0.2) is 24.3 Å².